The minimum absolute atomic E-state index is 0.158. The van der Waals surface area contributed by atoms with Gasteiger partial charge in [-0.15, -0.1) is 0 Å². The number of benzene rings is 3. The molecule has 0 bridgehead atoms. The Bertz CT molecular complexity index is 1280. The number of rotatable bonds is 8. The van der Waals surface area contributed by atoms with Gasteiger partial charge in [0.25, 0.3) is 10.0 Å². The Labute approximate surface area is 207 Å². The van der Waals surface area contributed by atoms with Gasteiger partial charge in [0.1, 0.15) is 6.54 Å². The number of amides is 1. The van der Waals surface area contributed by atoms with E-state index in [1.54, 1.807) is 19.1 Å². The standard InChI is InChI=1S/C25H24ClF3N2O3S/c1-3-23(18-7-5-4-6-8-18)30-24(32)16-31(35(33,34)20-12-9-17(2)10-13-20)19-11-14-22(26)21(15-19)25(27,28)29/h4-15,23H,3,16H2,1-2H3,(H,30,32)/t23-/m1/s1. The first kappa shape index (κ1) is 26.6. The molecule has 3 rings (SSSR count). The fourth-order valence-electron chi connectivity index (χ4n) is 3.51. The minimum atomic E-state index is -4.81. The molecule has 1 atom stereocenters. The van der Waals surface area contributed by atoms with Crippen molar-refractivity contribution in [3.63, 3.8) is 0 Å². The molecule has 0 aromatic heterocycles. The Hall–Kier alpha value is -3.04. The van der Waals surface area contributed by atoms with E-state index >= 15 is 0 Å². The summed E-state index contributed by atoms with van der Waals surface area (Å²) in [7, 11) is -4.39. The third kappa shape index (κ3) is 6.35. The van der Waals surface area contributed by atoms with Gasteiger partial charge in [0.15, 0.2) is 0 Å². The Morgan fingerprint density at radius 1 is 1.03 bits per heavy atom. The molecular formula is C25H24ClF3N2O3S. The topological polar surface area (TPSA) is 66.5 Å². The predicted molar refractivity (Wildman–Crippen MR) is 130 cm³/mol. The first-order valence-corrected chi connectivity index (χ1v) is 12.6. The van der Waals surface area contributed by atoms with Crippen LogP contribution in [0.2, 0.25) is 5.02 Å². The molecule has 1 N–H and O–H groups in total. The van der Waals surface area contributed by atoms with Crippen molar-refractivity contribution < 1.29 is 26.4 Å². The summed E-state index contributed by atoms with van der Waals surface area (Å²) in [5.74, 6) is -0.667. The van der Waals surface area contributed by atoms with Crippen LogP contribution >= 0.6 is 11.6 Å². The maximum atomic E-state index is 13.5. The first-order valence-electron chi connectivity index (χ1n) is 10.7. The average molecular weight is 525 g/mol. The first-order chi connectivity index (χ1) is 16.4. The SMILES string of the molecule is CC[C@@H](NC(=O)CN(c1ccc(Cl)c(C(F)(F)F)c1)S(=O)(=O)c1ccc(C)cc1)c1ccccc1. The Balaban J connectivity index is 2.02. The van der Waals surface area contributed by atoms with Gasteiger partial charge >= 0.3 is 6.18 Å². The zero-order valence-electron chi connectivity index (χ0n) is 19.0. The molecule has 5 nitrogen and oxygen atoms in total. The molecule has 0 saturated heterocycles. The maximum absolute atomic E-state index is 13.5. The van der Waals surface area contributed by atoms with Gasteiger partial charge in [-0.2, -0.15) is 13.2 Å². The second-order valence-corrected chi connectivity index (χ2v) is 10.2. The van der Waals surface area contributed by atoms with Crippen LogP contribution in [0.15, 0.2) is 77.7 Å². The van der Waals surface area contributed by atoms with Crippen LogP contribution in [0.25, 0.3) is 0 Å². The highest BCUT2D eigenvalue weighted by atomic mass is 35.5. The zero-order valence-corrected chi connectivity index (χ0v) is 20.6. The van der Waals surface area contributed by atoms with Gasteiger partial charge in [0, 0.05) is 0 Å². The van der Waals surface area contributed by atoms with Gasteiger partial charge in [-0.3, -0.25) is 9.10 Å². The molecule has 35 heavy (non-hydrogen) atoms. The number of carbonyl (C=O) groups excluding carboxylic acids is 1. The Kier molecular flexibility index (Phi) is 8.12. The highest BCUT2D eigenvalue weighted by Crippen LogP contribution is 2.38. The fourth-order valence-corrected chi connectivity index (χ4v) is 5.15. The summed E-state index contributed by atoms with van der Waals surface area (Å²) in [5.41, 5.74) is 0.0944. The van der Waals surface area contributed by atoms with Gasteiger partial charge in [0.2, 0.25) is 5.91 Å². The molecule has 0 fully saturated rings. The van der Waals surface area contributed by atoms with Gasteiger partial charge in [-0.1, -0.05) is 66.6 Å². The number of carbonyl (C=O) groups is 1. The molecule has 0 unspecified atom stereocenters. The van der Waals surface area contributed by atoms with E-state index in [2.05, 4.69) is 5.32 Å². The van der Waals surface area contributed by atoms with Crippen molar-refractivity contribution in [1.29, 1.82) is 0 Å². The molecule has 0 spiro atoms. The van der Waals surface area contributed by atoms with Crippen molar-refractivity contribution in [3.8, 4) is 0 Å². The number of hydrogen-bond acceptors (Lipinski definition) is 3. The summed E-state index contributed by atoms with van der Waals surface area (Å²) in [4.78, 5) is 12.8. The normalized spacial score (nSPS) is 12.7. The highest BCUT2D eigenvalue weighted by molar-refractivity contribution is 7.92. The van der Waals surface area contributed by atoms with E-state index in [0.29, 0.717) is 16.8 Å². The molecule has 0 radical (unpaired) electrons. The largest absolute Gasteiger partial charge is 0.417 e. The quantitative estimate of drug-likeness (QED) is 0.385. The molecule has 10 heteroatoms. The highest BCUT2D eigenvalue weighted by Gasteiger charge is 2.35. The van der Waals surface area contributed by atoms with Crippen LogP contribution in [0.1, 0.15) is 36.1 Å². The number of nitrogens with one attached hydrogen (secondary N) is 1. The van der Waals surface area contributed by atoms with Crippen molar-refractivity contribution in [2.24, 2.45) is 0 Å². The number of halogens is 4. The third-order valence-electron chi connectivity index (χ3n) is 5.38. The summed E-state index contributed by atoms with van der Waals surface area (Å²) >= 11 is 5.73. The van der Waals surface area contributed by atoms with E-state index in [1.165, 1.54) is 12.1 Å². The molecule has 186 valence electrons. The van der Waals surface area contributed by atoms with E-state index in [-0.39, 0.29) is 10.6 Å². The number of anilines is 1. The van der Waals surface area contributed by atoms with E-state index in [1.807, 2.05) is 37.3 Å². The van der Waals surface area contributed by atoms with Crippen molar-refractivity contribution in [2.45, 2.75) is 37.4 Å². The lowest BCUT2D eigenvalue weighted by Gasteiger charge is -2.26. The van der Waals surface area contributed by atoms with Crippen molar-refractivity contribution in [3.05, 3.63) is 94.5 Å². The predicted octanol–water partition coefficient (Wildman–Crippen LogP) is 6.13. The van der Waals surface area contributed by atoms with Gasteiger partial charge in [-0.25, -0.2) is 8.42 Å². The van der Waals surface area contributed by atoms with Gasteiger partial charge < -0.3 is 5.32 Å². The van der Waals surface area contributed by atoms with Crippen LogP contribution in [0.5, 0.6) is 0 Å². The van der Waals surface area contributed by atoms with Crippen LogP contribution in [-0.2, 0) is 21.0 Å². The second-order valence-electron chi connectivity index (χ2n) is 7.93. The summed E-state index contributed by atoms with van der Waals surface area (Å²) in [5, 5.41) is 2.20. The molecule has 3 aromatic carbocycles. The Morgan fingerprint density at radius 3 is 2.23 bits per heavy atom. The smallest absolute Gasteiger partial charge is 0.348 e. The molecule has 0 aliphatic carbocycles. The maximum Gasteiger partial charge on any atom is 0.417 e. The molecule has 0 aliphatic rings. The van der Waals surface area contributed by atoms with Crippen LogP contribution in [-0.4, -0.2) is 20.9 Å². The van der Waals surface area contributed by atoms with Crippen molar-refractivity contribution in [1.82, 2.24) is 5.32 Å². The van der Waals surface area contributed by atoms with Crippen molar-refractivity contribution in [2.75, 3.05) is 10.8 Å². The van der Waals surface area contributed by atoms with E-state index in [4.69, 9.17) is 11.6 Å². The number of nitrogens with zero attached hydrogens (tertiary/aromatic N) is 1. The number of hydrogen-bond donors (Lipinski definition) is 1. The number of aryl methyl sites for hydroxylation is 1. The monoisotopic (exact) mass is 524 g/mol. The number of sulfonamides is 1. The fraction of sp³-hybridized carbons (Fsp3) is 0.240. The molecular weight excluding hydrogens is 501 g/mol. The summed E-state index contributed by atoms with van der Waals surface area (Å²) < 4.78 is 68.1. The molecule has 0 aliphatic heterocycles. The molecule has 3 aromatic rings. The average Bonchev–Trinajstić information content (AvgIpc) is 2.81. The summed E-state index contributed by atoms with van der Waals surface area (Å²) in [6, 6.07) is 17.3. The molecule has 0 heterocycles. The lowest BCUT2D eigenvalue weighted by molar-refractivity contribution is -0.137. The number of alkyl halides is 3. The third-order valence-corrected chi connectivity index (χ3v) is 7.50. The van der Waals surface area contributed by atoms with Crippen LogP contribution in [0.4, 0.5) is 18.9 Å². The summed E-state index contributed by atoms with van der Waals surface area (Å²) in [6.07, 6.45) is -4.28. The second kappa shape index (κ2) is 10.7. The summed E-state index contributed by atoms with van der Waals surface area (Å²) in [6.45, 7) is 2.90. The van der Waals surface area contributed by atoms with Crippen LogP contribution < -0.4 is 9.62 Å². The molecule has 0 saturated carbocycles. The van der Waals surface area contributed by atoms with Crippen LogP contribution in [0.3, 0.4) is 0 Å². The lowest BCUT2D eigenvalue weighted by Crippen LogP contribution is -2.42. The van der Waals surface area contributed by atoms with Crippen molar-refractivity contribution >= 4 is 33.2 Å². The van der Waals surface area contributed by atoms with E-state index in [0.717, 1.165) is 23.3 Å². The van der Waals surface area contributed by atoms with Gasteiger partial charge in [0.05, 0.1) is 27.2 Å². The zero-order chi connectivity index (χ0) is 25.8. The Morgan fingerprint density at radius 2 is 1.66 bits per heavy atom. The molecule has 1 amide bonds. The van der Waals surface area contributed by atoms with E-state index in [9.17, 15) is 26.4 Å². The van der Waals surface area contributed by atoms with E-state index < -0.39 is 45.3 Å². The lowest BCUT2D eigenvalue weighted by atomic mass is 10.0. The van der Waals surface area contributed by atoms with Crippen LogP contribution in [0, 0.1) is 6.92 Å². The van der Waals surface area contributed by atoms with Gasteiger partial charge in [-0.05, 0) is 49.2 Å². The minimum Gasteiger partial charge on any atom is -0.348 e.